The molecule has 2 heterocycles. The van der Waals surface area contributed by atoms with Crippen molar-refractivity contribution < 1.29 is 9.90 Å². The number of carbonyl (C=O) groups excluding carboxylic acids is 1. The Hall–Kier alpha value is -1.50. The molecular formula is C18H25N3O2S. The Balaban J connectivity index is 1.61. The molecule has 2 N–H and O–H groups in total. The molecule has 1 aromatic carbocycles. The van der Waals surface area contributed by atoms with Crippen LogP contribution in [0.4, 0.5) is 5.13 Å². The normalized spacial score (nSPS) is 19.3. The lowest BCUT2D eigenvalue weighted by atomic mass is 9.76. The summed E-state index contributed by atoms with van der Waals surface area (Å²) in [4.78, 5) is 19.2. The van der Waals surface area contributed by atoms with Crippen molar-refractivity contribution in [2.24, 2.45) is 5.41 Å². The van der Waals surface area contributed by atoms with Crippen LogP contribution in [-0.4, -0.2) is 46.6 Å². The molecule has 0 bridgehead atoms. The van der Waals surface area contributed by atoms with Gasteiger partial charge in [-0.25, -0.2) is 4.98 Å². The molecule has 5 nitrogen and oxygen atoms in total. The number of carbonyl (C=O) groups is 1. The second-order valence-electron chi connectivity index (χ2n) is 6.70. The third-order valence-corrected chi connectivity index (χ3v) is 6.35. The second-order valence-corrected chi connectivity index (χ2v) is 7.73. The van der Waals surface area contributed by atoms with Gasteiger partial charge in [0.05, 0.1) is 16.3 Å². The number of aromatic nitrogens is 1. The minimum atomic E-state index is -0.189. The molecule has 1 atom stereocenters. The van der Waals surface area contributed by atoms with Crippen molar-refractivity contribution in [3.05, 3.63) is 24.3 Å². The molecule has 0 radical (unpaired) electrons. The van der Waals surface area contributed by atoms with Crippen molar-refractivity contribution in [2.75, 3.05) is 25.0 Å². The third kappa shape index (κ3) is 3.45. The van der Waals surface area contributed by atoms with Gasteiger partial charge in [-0.1, -0.05) is 30.4 Å². The summed E-state index contributed by atoms with van der Waals surface area (Å²) < 4.78 is 1.08. The highest BCUT2D eigenvalue weighted by Gasteiger charge is 2.35. The van der Waals surface area contributed by atoms with E-state index >= 15 is 0 Å². The SMILES string of the molecule is CCC1(CO)CCN(C(C)C(=O)Nc2nc3ccccc3s2)CC1. The van der Waals surface area contributed by atoms with E-state index in [0.717, 1.165) is 42.6 Å². The molecule has 2 aromatic rings. The second kappa shape index (κ2) is 7.17. The predicted octanol–water partition coefficient (Wildman–Crippen LogP) is 3.11. The van der Waals surface area contributed by atoms with Gasteiger partial charge < -0.3 is 10.4 Å². The number of piperidine rings is 1. The zero-order valence-corrected chi connectivity index (χ0v) is 15.1. The van der Waals surface area contributed by atoms with Gasteiger partial charge in [-0.15, -0.1) is 0 Å². The van der Waals surface area contributed by atoms with Gasteiger partial charge in [0.1, 0.15) is 0 Å². The summed E-state index contributed by atoms with van der Waals surface area (Å²) in [7, 11) is 0. The van der Waals surface area contributed by atoms with Gasteiger partial charge in [-0.05, 0) is 56.8 Å². The third-order valence-electron chi connectivity index (χ3n) is 5.40. The minimum Gasteiger partial charge on any atom is -0.396 e. The number of nitrogens with one attached hydrogen (secondary N) is 1. The van der Waals surface area contributed by atoms with Crippen molar-refractivity contribution >= 4 is 32.6 Å². The Morgan fingerprint density at radius 1 is 1.42 bits per heavy atom. The van der Waals surface area contributed by atoms with Crippen LogP contribution in [0.15, 0.2) is 24.3 Å². The summed E-state index contributed by atoms with van der Waals surface area (Å²) in [5, 5.41) is 13.2. The maximum atomic E-state index is 12.6. The molecule has 1 saturated heterocycles. The van der Waals surface area contributed by atoms with Gasteiger partial charge in [0.2, 0.25) is 5.91 Å². The lowest BCUT2D eigenvalue weighted by Crippen LogP contribution is -2.49. The fourth-order valence-electron chi connectivity index (χ4n) is 3.31. The van der Waals surface area contributed by atoms with Crippen LogP contribution >= 0.6 is 11.3 Å². The molecule has 1 aliphatic rings. The van der Waals surface area contributed by atoms with Crippen molar-refractivity contribution in [3.8, 4) is 0 Å². The van der Waals surface area contributed by atoms with Crippen molar-refractivity contribution in [2.45, 2.75) is 39.2 Å². The van der Waals surface area contributed by atoms with Gasteiger partial charge in [-0.2, -0.15) is 0 Å². The molecule has 6 heteroatoms. The van der Waals surface area contributed by atoms with Gasteiger partial charge in [-0.3, -0.25) is 9.69 Å². The Morgan fingerprint density at radius 3 is 2.75 bits per heavy atom. The first-order valence-electron chi connectivity index (χ1n) is 8.58. The van der Waals surface area contributed by atoms with Crippen molar-refractivity contribution in [1.82, 2.24) is 9.88 Å². The molecule has 0 aliphatic carbocycles. The first-order chi connectivity index (χ1) is 11.6. The van der Waals surface area contributed by atoms with Crippen LogP contribution in [0.5, 0.6) is 0 Å². The van der Waals surface area contributed by atoms with Crippen LogP contribution in [0.2, 0.25) is 0 Å². The molecule has 1 unspecified atom stereocenters. The Bertz CT molecular complexity index is 668. The van der Waals surface area contributed by atoms with Crippen LogP contribution in [0, 0.1) is 5.41 Å². The van der Waals surface area contributed by atoms with Crippen LogP contribution in [0.3, 0.4) is 0 Å². The largest absolute Gasteiger partial charge is 0.396 e. The number of aliphatic hydroxyl groups is 1. The highest BCUT2D eigenvalue weighted by Crippen LogP contribution is 2.35. The summed E-state index contributed by atoms with van der Waals surface area (Å²) in [5.41, 5.74) is 0.957. The minimum absolute atomic E-state index is 0.0120. The average molecular weight is 347 g/mol. The number of hydrogen-bond acceptors (Lipinski definition) is 5. The standard InChI is InChI=1S/C18H25N3O2S/c1-3-18(12-22)8-10-21(11-9-18)13(2)16(23)20-17-19-14-6-4-5-7-15(14)24-17/h4-7,13,22H,3,8-12H2,1-2H3,(H,19,20,23). The van der Waals surface area contributed by atoms with E-state index in [0.29, 0.717) is 5.13 Å². The summed E-state index contributed by atoms with van der Waals surface area (Å²) in [6, 6.07) is 7.70. The van der Waals surface area contributed by atoms with E-state index in [2.05, 4.69) is 22.1 Å². The number of para-hydroxylation sites is 1. The summed E-state index contributed by atoms with van der Waals surface area (Å²) in [6.07, 6.45) is 2.88. The summed E-state index contributed by atoms with van der Waals surface area (Å²) >= 11 is 1.50. The van der Waals surface area contributed by atoms with E-state index in [-0.39, 0.29) is 24.0 Å². The number of hydrogen-bond donors (Lipinski definition) is 2. The number of anilines is 1. The Morgan fingerprint density at radius 2 is 2.12 bits per heavy atom. The van der Waals surface area contributed by atoms with E-state index < -0.39 is 0 Å². The zero-order valence-electron chi connectivity index (χ0n) is 14.3. The number of aliphatic hydroxyl groups excluding tert-OH is 1. The topological polar surface area (TPSA) is 65.5 Å². The molecule has 1 aliphatic heterocycles. The molecule has 24 heavy (non-hydrogen) atoms. The first kappa shape index (κ1) is 17.3. The number of nitrogens with zero attached hydrogens (tertiary/aromatic N) is 2. The van der Waals surface area contributed by atoms with E-state index in [1.54, 1.807) is 0 Å². The molecule has 0 spiro atoms. The quantitative estimate of drug-likeness (QED) is 0.872. The van der Waals surface area contributed by atoms with Crippen molar-refractivity contribution in [1.29, 1.82) is 0 Å². The number of benzene rings is 1. The molecule has 1 aromatic heterocycles. The number of amides is 1. The molecule has 130 valence electrons. The van der Waals surface area contributed by atoms with Crippen LogP contribution in [0.1, 0.15) is 33.1 Å². The lowest BCUT2D eigenvalue weighted by Gasteiger charge is -2.42. The molecule has 0 saturated carbocycles. The first-order valence-corrected chi connectivity index (χ1v) is 9.40. The van der Waals surface area contributed by atoms with Crippen molar-refractivity contribution in [3.63, 3.8) is 0 Å². The van der Waals surface area contributed by atoms with Crippen LogP contribution < -0.4 is 5.32 Å². The van der Waals surface area contributed by atoms with E-state index in [4.69, 9.17) is 0 Å². The highest BCUT2D eigenvalue weighted by atomic mass is 32.1. The highest BCUT2D eigenvalue weighted by molar-refractivity contribution is 7.22. The summed E-state index contributed by atoms with van der Waals surface area (Å²) in [5.74, 6) is -0.0120. The number of rotatable bonds is 5. The molecular weight excluding hydrogens is 322 g/mol. The van der Waals surface area contributed by atoms with Crippen LogP contribution in [-0.2, 0) is 4.79 Å². The van der Waals surface area contributed by atoms with E-state index in [9.17, 15) is 9.90 Å². The smallest absolute Gasteiger partial charge is 0.243 e. The monoisotopic (exact) mass is 347 g/mol. The zero-order chi connectivity index (χ0) is 17.2. The number of thiazole rings is 1. The van der Waals surface area contributed by atoms with E-state index in [1.807, 2.05) is 31.2 Å². The molecule has 1 amide bonds. The lowest BCUT2D eigenvalue weighted by molar-refractivity contribution is -0.121. The van der Waals surface area contributed by atoms with Gasteiger partial charge in [0, 0.05) is 6.61 Å². The predicted molar refractivity (Wildman–Crippen MR) is 98.3 cm³/mol. The maximum Gasteiger partial charge on any atom is 0.243 e. The fraction of sp³-hybridized carbons (Fsp3) is 0.556. The van der Waals surface area contributed by atoms with Crippen LogP contribution in [0.25, 0.3) is 10.2 Å². The summed E-state index contributed by atoms with van der Waals surface area (Å²) in [6.45, 7) is 6.02. The molecule has 3 rings (SSSR count). The number of likely N-dealkylation sites (tertiary alicyclic amines) is 1. The molecule has 1 fully saturated rings. The van der Waals surface area contributed by atoms with Gasteiger partial charge in [0.15, 0.2) is 5.13 Å². The maximum absolute atomic E-state index is 12.6. The van der Waals surface area contributed by atoms with Gasteiger partial charge in [0.25, 0.3) is 0 Å². The fourth-order valence-corrected chi connectivity index (χ4v) is 4.18. The van der Waals surface area contributed by atoms with E-state index in [1.165, 1.54) is 11.3 Å². The Labute approximate surface area is 146 Å². The number of fused-ring (bicyclic) bond motifs is 1. The van der Waals surface area contributed by atoms with Gasteiger partial charge >= 0.3 is 0 Å². The average Bonchev–Trinajstić information content (AvgIpc) is 3.03. The Kier molecular flexibility index (Phi) is 5.18.